The molecule has 2 N–H and O–H groups in total. The Morgan fingerprint density at radius 2 is 2.11 bits per heavy atom. The average Bonchev–Trinajstić information content (AvgIpc) is 2.77. The van der Waals surface area contributed by atoms with Gasteiger partial charge in [-0.15, -0.1) is 0 Å². The van der Waals surface area contributed by atoms with E-state index in [1.54, 1.807) is 10.9 Å². The molecular weight excluding hydrogens is 244 g/mol. The van der Waals surface area contributed by atoms with Crippen LogP contribution in [0.4, 0.5) is 0 Å². The summed E-state index contributed by atoms with van der Waals surface area (Å²) in [6, 6.07) is 5.92. The number of aromatic nitrogens is 2. The lowest BCUT2D eigenvalue weighted by atomic mass is 10.1. The predicted molar refractivity (Wildman–Crippen MR) is 70.8 cm³/mol. The van der Waals surface area contributed by atoms with Crippen molar-refractivity contribution in [3.8, 4) is 5.69 Å². The number of benzene rings is 1. The van der Waals surface area contributed by atoms with Crippen molar-refractivity contribution in [1.29, 1.82) is 0 Å². The number of hydrogen-bond acceptors (Lipinski definition) is 3. The van der Waals surface area contributed by atoms with Crippen LogP contribution in [0.2, 0.25) is 0 Å². The zero-order chi connectivity index (χ0) is 14.0. The molecule has 0 radical (unpaired) electrons. The topological polar surface area (TPSA) is 75.4 Å². The van der Waals surface area contributed by atoms with Crippen molar-refractivity contribution in [1.82, 2.24) is 9.78 Å². The largest absolute Gasteiger partial charge is 0.476 e. The monoisotopic (exact) mass is 260 g/mol. The van der Waals surface area contributed by atoms with E-state index in [4.69, 9.17) is 10.2 Å². The highest BCUT2D eigenvalue weighted by Gasteiger charge is 2.16. The fraction of sp³-hybridized carbons (Fsp3) is 0.286. The van der Waals surface area contributed by atoms with Gasteiger partial charge in [-0.25, -0.2) is 9.48 Å². The molecule has 0 spiro atoms. The SMILES string of the molecule is Cc1ccc(C)c(-n2cc(CCO)c(C(=O)O)n2)c1. The molecule has 0 bridgehead atoms. The molecule has 1 aromatic heterocycles. The number of nitrogens with zero attached hydrogens (tertiary/aromatic N) is 2. The van der Waals surface area contributed by atoms with Crippen molar-refractivity contribution >= 4 is 5.97 Å². The molecule has 0 saturated heterocycles. The number of aryl methyl sites for hydroxylation is 2. The molecule has 2 aromatic rings. The van der Waals surface area contributed by atoms with E-state index in [1.807, 2.05) is 32.0 Å². The van der Waals surface area contributed by atoms with Crippen LogP contribution in [0.5, 0.6) is 0 Å². The lowest BCUT2D eigenvalue weighted by molar-refractivity contribution is 0.0688. The molecule has 0 aliphatic rings. The molecule has 5 heteroatoms. The highest BCUT2D eigenvalue weighted by molar-refractivity contribution is 5.87. The number of hydrogen-bond donors (Lipinski definition) is 2. The molecule has 0 saturated carbocycles. The number of aromatic carboxylic acids is 1. The Balaban J connectivity index is 2.53. The van der Waals surface area contributed by atoms with Gasteiger partial charge in [-0.2, -0.15) is 5.10 Å². The maximum Gasteiger partial charge on any atom is 0.356 e. The van der Waals surface area contributed by atoms with Gasteiger partial charge < -0.3 is 10.2 Å². The van der Waals surface area contributed by atoms with E-state index in [0.717, 1.165) is 16.8 Å². The van der Waals surface area contributed by atoms with Gasteiger partial charge in [0.15, 0.2) is 5.69 Å². The molecule has 0 aliphatic carbocycles. The van der Waals surface area contributed by atoms with Gasteiger partial charge in [-0.3, -0.25) is 0 Å². The summed E-state index contributed by atoms with van der Waals surface area (Å²) < 4.78 is 1.57. The maximum absolute atomic E-state index is 11.1. The third-order valence-corrected chi connectivity index (χ3v) is 2.99. The molecule has 1 aromatic carbocycles. The average molecular weight is 260 g/mol. The Morgan fingerprint density at radius 3 is 2.74 bits per heavy atom. The van der Waals surface area contributed by atoms with Crippen molar-refractivity contribution in [2.24, 2.45) is 0 Å². The van der Waals surface area contributed by atoms with Crippen LogP contribution < -0.4 is 0 Å². The molecular formula is C14H16N2O3. The van der Waals surface area contributed by atoms with Crippen LogP contribution in [0.3, 0.4) is 0 Å². The molecule has 0 fully saturated rings. The van der Waals surface area contributed by atoms with E-state index in [1.165, 1.54) is 0 Å². The molecule has 1 heterocycles. The third-order valence-electron chi connectivity index (χ3n) is 2.99. The van der Waals surface area contributed by atoms with E-state index in [2.05, 4.69) is 5.10 Å². The second-order valence-corrected chi connectivity index (χ2v) is 4.52. The summed E-state index contributed by atoms with van der Waals surface area (Å²) in [6.45, 7) is 3.82. The first-order valence-electron chi connectivity index (χ1n) is 6.03. The van der Waals surface area contributed by atoms with Crippen LogP contribution in [0.1, 0.15) is 27.2 Å². The third kappa shape index (κ3) is 2.66. The van der Waals surface area contributed by atoms with Crippen molar-refractivity contribution in [3.05, 3.63) is 46.8 Å². The van der Waals surface area contributed by atoms with Crippen LogP contribution in [0, 0.1) is 13.8 Å². The molecule has 100 valence electrons. The summed E-state index contributed by atoms with van der Waals surface area (Å²) in [4.78, 5) is 11.1. The second-order valence-electron chi connectivity index (χ2n) is 4.52. The lowest BCUT2D eigenvalue weighted by Gasteiger charge is -2.06. The minimum atomic E-state index is -1.08. The van der Waals surface area contributed by atoms with Crippen molar-refractivity contribution in [2.75, 3.05) is 6.61 Å². The number of rotatable bonds is 4. The van der Waals surface area contributed by atoms with E-state index >= 15 is 0 Å². The summed E-state index contributed by atoms with van der Waals surface area (Å²) in [5.41, 5.74) is 3.48. The van der Waals surface area contributed by atoms with E-state index in [0.29, 0.717) is 5.56 Å². The Morgan fingerprint density at radius 1 is 1.37 bits per heavy atom. The summed E-state index contributed by atoms with van der Waals surface area (Å²) in [5.74, 6) is -1.08. The first-order valence-corrected chi connectivity index (χ1v) is 6.03. The van der Waals surface area contributed by atoms with Gasteiger partial charge >= 0.3 is 5.97 Å². The molecule has 5 nitrogen and oxygen atoms in total. The highest BCUT2D eigenvalue weighted by Crippen LogP contribution is 2.18. The molecule has 0 unspecified atom stereocenters. The van der Waals surface area contributed by atoms with Gasteiger partial charge in [0.05, 0.1) is 5.69 Å². The molecule has 19 heavy (non-hydrogen) atoms. The molecule has 0 amide bonds. The number of carbonyl (C=O) groups is 1. The van der Waals surface area contributed by atoms with Gasteiger partial charge in [0.1, 0.15) is 0 Å². The number of aliphatic hydroxyl groups is 1. The van der Waals surface area contributed by atoms with Crippen LogP contribution >= 0.6 is 0 Å². The first-order chi connectivity index (χ1) is 9.02. The fourth-order valence-corrected chi connectivity index (χ4v) is 1.98. The van der Waals surface area contributed by atoms with Gasteiger partial charge in [0.2, 0.25) is 0 Å². The van der Waals surface area contributed by atoms with Crippen LogP contribution in [-0.2, 0) is 6.42 Å². The first kappa shape index (κ1) is 13.3. The summed E-state index contributed by atoms with van der Waals surface area (Å²) in [7, 11) is 0. The van der Waals surface area contributed by atoms with Gasteiger partial charge in [0, 0.05) is 18.4 Å². The van der Waals surface area contributed by atoms with Crippen LogP contribution in [-0.4, -0.2) is 32.6 Å². The van der Waals surface area contributed by atoms with Gasteiger partial charge in [-0.05, 0) is 37.5 Å². The number of carboxylic acid groups (broad SMARTS) is 1. The smallest absolute Gasteiger partial charge is 0.356 e. The maximum atomic E-state index is 11.1. The van der Waals surface area contributed by atoms with E-state index in [9.17, 15) is 4.79 Å². The Hall–Kier alpha value is -2.14. The second kappa shape index (κ2) is 5.24. The van der Waals surface area contributed by atoms with Gasteiger partial charge in [-0.1, -0.05) is 12.1 Å². The molecule has 0 aliphatic heterocycles. The minimum Gasteiger partial charge on any atom is -0.476 e. The van der Waals surface area contributed by atoms with Crippen molar-refractivity contribution in [2.45, 2.75) is 20.3 Å². The zero-order valence-electron chi connectivity index (χ0n) is 10.9. The lowest BCUT2D eigenvalue weighted by Crippen LogP contribution is -2.04. The molecule has 2 rings (SSSR count). The molecule has 0 atom stereocenters. The normalized spacial score (nSPS) is 10.7. The highest BCUT2D eigenvalue weighted by atomic mass is 16.4. The standard InChI is InChI=1S/C14H16N2O3/c1-9-3-4-10(2)12(7-9)16-8-11(5-6-17)13(15-16)14(18)19/h3-4,7-8,17H,5-6H2,1-2H3,(H,18,19). The van der Waals surface area contributed by atoms with Crippen LogP contribution in [0.25, 0.3) is 5.69 Å². The number of carboxylic acids is 1. The summed E-state index contributed by atoms with van der Waals surface area (Å²) in [6.07, 6.45) is 1.95. The quantitative estimate of drug-likeness (QED) is 0.877. The van der Waals surface area contributed by atoms with E-state index in [-0.39, 0.29) is 18.7 Å². The Bertz CT molecular complexity index is 617. The van der Waals surface area contributed by atoms with Crippen molar-refractivity contribution < 1.29 is 15.0 Å². The minimum absolute atomic E-state index is 0.00467. The van der Waals surface area contributed by atoms with Crippen LogP contribution in [0.15, 0.2) is 24.4 Å². The fourth-order valence-electron chi connectivity index (χ4n) is 1.98. The van der Waals surface area contributed by atoms with Crippen molar-refractivity contribution in [3.63, 3.8) is 0 Å². The van der Waals surface area contributed by atoms with Gasteiger partial charge in [0.25, 0.3) is 0 Å². The zero-order valence-corrected chi connectivity index (χ0v) is 10.9. The predicted octanol–water partition coefficient (Wildman–Crippen LogP) is 1.72. The Labute approximate surface area is 111 Å². The summed E-state index contributed by atoms with van der Waals surface area (Å²) in [5, 5.41) is 22.2. The summed E-state index contributed by atoms with van der Waals surface area (Å²) >= 11 is 0. The number of aliphatic hydroxyl groups excluding tert-OH is 1. The van der Waals surface area contributed by atoms with E-state index < -0.39 is 5.97 Å². The Kier molecular flexibility index (Phi) is 3.66.